The van der Waals surface area contributed by atoms with Crippen LogP contribution in [0.5, 0.6) is 0 Å². The molecule has 0 saturated carbocycles. The van der Waals surface area contributed by atoms with Gasteiger partial charge in [-0.3, -0.25) is 0 Å². The van der Waals surface area contributed by atoms with Gasteiger partial charge in [-0.2, -0.15) is 0 Å². The highest BCUT2D eigenvalue weighted by Gasteiger charge is 2.32. The molecule has 1 aliphatic rings. The number of nitrogens with zero attached hydrogens (tertiary/aromatic N) is 2. The zero-order chi connectivity index (χ0) is 20.0. The van der Waals surface area contributed by atoms with Crippen molar-refractivity contribution in [2.45, 2.75) is 29.8 Å². The van der Waals surface area contributed by atoms with Gasteiger partial charge in [-0.25, -0.2) is 9.64 Å². The number of benzene rings is 2. The van der Waals surface area contributed by atoms with Gasteiger partial charge in [-0.1, -0.05) is 24.3 Å². The fraction of sp³-hybridized carbons (Fsp3) is 0.364. The summed E-state index contributed by atoms with van der Waals surface area (Å²) in [4.78, 5) is 17.7. The van der Waals surface area contributed by atoms with Crippen molar-refractivity contribution in [3.63, 3.8) is 0 Å². The predicted octanol–water partition coefficient (Wildman–Crippen LogP) is 4.10. The third-order valence-corrected chi connectivity index (χ3v) is 6.46. The van der Waals surface area contributed by atoms with Crippen molar-refractivity contribution in [2.75, 3.05) is 25.4 Å². The van der Waals surface area contributed by atoms with E-state index in [-0.39, 0.29) is 5.56 Å². The predicted molar refractivity (Wildman–Crippen MR) is 111 cm³/mol. The maximum Gasteiger partial charge on any atom is 0.335 e. The molecule has 0 aromatic heterocycles. The standard InChI is InChI=1S/C22H24N2O3S/c1-23-19-6-2-17(3-7-19)10-13-24-14-11-22(27,12-15-24)16-28-20-8-4-18(5-9-20)21(25)26/h2-9,27H,10-16H2,(H,25,26). The van der Waals surface area contributed by atoms with Crippen LogP contribution in [0.4, 0.5) is 5.69 Å². The minimum absolute atomic E-state index is 0.278. The Morgan fingerprint density at radius 2 is 1.75 bits per heavy atom. The Hall–Kier alpha value is -2.33. The second kappa shape index (κ2) is 9.24. The van der Waals surface area contributed by atoms with Crippen LogP contribution >= 0.6 is 11.8 Å². The monoisotopic (exact) mass is 396 g/mol. The highest BCUT2D eigenvalue weighted by Crippen LogP contribution is 2.30. The highest BCUT2D eigenvalue weighted by atomic mass is 32.2. The smallest absolute Gasteiger partial charge is 0.335 e. The van der Waals surface area contributed by atoms with Crippen LogP contribution in [0.25, 0.3) is 4.85 Å². The first kappa shape index (κ1) is 20.4. The van der Waals surface area contributed by atoms with Crippen LogP contribution in [0.1, 0.15) is 28.8 Å². The Balaban J connectivity index is 1.43. The first-order chi connectivity index (χ1) is 13.5. The number of hydrogen-bond donors (Lipinski definition) is 2. The summed E-state index contributed by atoms with van der Waals surface area (Å²) < 4.78 is 0. The van der Waals surface area contributed by atoms with Crippen LogP contribution in [0.3, 0.4) is 0 Å². The number of hydrogen-bond acceptors (Lipinski definition) is 4. The maximum atomic E-state index is 10.9. The second-order valence-electron chi connectivity index (χ2n) is 7.21. The van der Waals surface area contributed by atoms with Crippen LogP contribution in [0.15, 0.2) is 53.4 Å². The molecular formula is C22H24N2O3S. The van der Waals surface area contributed by atoms with Crippen molar-refractivity contribution in [1.82, 2.24) is 4.90 Å². The number of rotatable bonds is 7. The first-order valence-electron chi connectivity index (χ1n) is 9.35. The van der Waals surface area contributed by atoms with E-state index in [1.54, 1.807) is 36.0 Å². The number of likely N-dealkylation sites (tertiary alicyclic amines) is 1. The Labute approximate surface area is 169 Å². The molecule has 0 bridgehead atoms. The summed E-state index contributed by atoms with van der Waals surface area (Å²) in [5.41, 5.74) is 1.50. The van der Waals surface area contributed by atoms with Gasteiger partial charge in [-0.15, -0.1) is 11.8 Å². The molecule has 0 unspecified atom stereocenters. The molecule has 0 aliphatic carbocycles. The van der Waals surface area contributed by atoms with Gasteiger partial charge >= 0.3 is 5.97 Å². The number of carbonyl (C=O) groups is 1. The van der Waals surface area contributed by atoms with Crippen molar-refractivity contribution in [1.29, 1.82) is 0 Å². The molecule has 1 fully saturated rings. The van der Waals surface area contributed by atoms with E-state index >= 15 is 0 Å². The van der Waals surface area contributed by atoms with E-state index in [4.69, 9.17) is 11.7 Å². The maximum absolute atomic E-state index is 10.9. The van der Waals surface area contributed by atoms with Gasteiger partial charge in [0, 0.05) is 30.3 Å². The minimum Gasteiger partial charge on any atom is -0.478 e. The average Bonchev–Trinajstić information content (AvgIpc) is 2.73. The summed E-state index contributed by atoms with van der Waals surface area (Å²) in [6, 6.07) is 14.5. The van der Waals surface area contributed by atoms with E-state index in [1.165, 1.54) is 5.56 Å². The molecule has 28 heavy (non-hydrogen) atoms. The van der Waals surface area contributed by atoms with Crippen molar-refractivity contribution >= 4 is 23.4 Å². The number of thioether (sulfide) groups is 1. The number of piperidine rings is 1. The molecule has 146 valence electrons. The molecular weight excluding hydrogens is 372 g/mol. The summed E-state index contributed by atoms with van der Waals surface area (Å²) in [7, 11) is 0. The minimum atomic E-state index is -0.926. The molecule has 0 spiro atoms. The molecule has 1 heterocycles. The van der Waals surface area contributed by atoms with Gasteiger partial charge in [-0.05, 0) is 49.1 Å². The van der Waals surface area contributed by atoms with Gasteiger partial charge in [0.1, 0.15) is 0 Å². The molecule has 0 atom stereocenters. The van der Waals surface area contributed by atoms with E-state index in [0.717, 1.165) is 43.8 Å². The Bertz CT molecular complexity index is 836. The lowest BCUT2D eigenvalue weighted by molar-refractivity contribution is -0.000824. The zero-order valence-corrected chi connectivity index (χ0v) is 16.5. The van der Waals surface area contributed by atoms with Crippen molar-refractivity contribution in [2.24, 2.45) is 0 Å². The average molecular weight is 397 g/mol. The van der Waals surface area contributed by atoms with Crippen molar-refractivity contribution in [3.05, 3.63) is 71.1 Å². The topological polar surface area (TPSA) is 65.1 Å². The van der Waals surface area contributed by atoms with Crippen LogP contribution in [0, 0.1) is 6.57 Å². The molecule has 5 nitrogen and oxygen atoms in total. The summed E-state index contributed by atoms with van der Waals surface area (Å²) in [6.07, 6.45) is 2.43. The molecule has 6 heteroatoms. The Morgan fingerprint density at radius 3 is 2.32 bits per heavy atom. The van der Waals surface area contributed by atoms with Gasteiger partial charge in [0.2, 0.25) is 0 Å². The number of aliphatic hydroxyl groups is 1. The lowest BCUT2D eigenvalue weighted by atomic mass is 9.93. The number of carboxylic acids is 1. The SMILES string of the molecule is [C-]#[N+]c1ccc(CCN2CCC(O)(CSc3ccc(C(=O)O)cc3)CC2)cc1. The van der Waals surface area contributed by atoms with Crippen LogP contribution in [-0.2, 0) is 6.42 Å². The van der Waals surface area contributed by atoms with Gasteiger partial charge < -0.3 is 15.1 Å². The number of aromatic carboxylic acids is 1. The number of carboxylic acid groups (broad SMARTS) is 1. The van der Waals surface area contributed by atoms with Crippen LogP contribution in [0.2, 0.25) is 0 Å². The lowest BCUT2D eigenvalue weighted by Gasteiger charge is -2.38. The summed E-state index contributed by atoms with van der Waals surface area (Å²) in [6.45, 7) is 9.69. The normalized spacial score (nSPS) is 16.4. The molecule has 2 aromatic carbocycles. The van der Waals surface area contributed by atoms with Gasteiger partial charge in [0.15, 0.2) is 5.69 Å². The quantitative estimate of drug-likeness (QED) is 0.545. The van der Waals surface area contributed by atoms with Gasteiger partial charge in [0.05, 0.1) is 17.7 Å². The van der Waals surface area contributed by atoms with E-state index in [0.29, 0.717) is 11.4 Å². The molecule has 1 saturated heterocycles. The Morgan fingerprint density at radius 1 is 1.11 bits per heavy atom. The van der Waals surface area contributed by atoms with Crippen molar-refractivity contribution in [3.8, 4) is 0 Å². The second-order valence-corrected chi connectivity index (χ2v) is 8.26. The molecule has 3 rings (SSSR count). The van der Waals surface area contributed by atoms with Crippen LogP contribution < -0.4 is 0 Å². The summed E-state index contributed by atoms with van der Waals surface area (Å²) >= 11 is 1.58. The highest BCUT2D eigenvalue weighted by molar-refractivity contribution is 7.99. The summed E-state index contributed by atoms with van der Waals surface area (Å²) in [5.74, 6) is -0.310. The van der Waals surface area contributed by atoms with E-state index in [9.17, 15) is 9.90 Å². The zero-order valence-electron chi connectivity index (χ0n) is 15.7. The van der Waals surface area contributed by atoms with Crippen LogP contribution in [-0.4, -0.2) is 52.1 Å². The van der Waals surface area contributed by atoms with E-state index < -0.39 is 11.6 Å². The molecule has 1 aliphatic heterocycles. The molecule has 2 aromatic rings. The third-order valence-electron chi connectivity index (χ3n) is 5.18. The molecule has 0 amide bonds. The van der Waals surface area contributed by atoms with E-state index in [2.05, 4.69) is 9.74 Å². The first-order valence-corrected chi connectivity index (χ1v) is 10.3. The van der Waals surface area contributed by atoms with Gasteiger partial charge in [0.25, 0.3) is 0 Å². The third kappa shape index (κ3) is 5.59. The molecule has 2 N–H and O–H groups in total. The van der Waals surface area contributed by atoms with E-state index in [1.807, 2.05) is 24.3 Å². The molecule has 0 radical (unpaired) electrons. The summed E-state index contributed by atoms with van der Waals surface area (Å²) in [5, 5.41) is 19.8. The van der Waals surface area contributed by atoms with Crippen molar-refractivity contribution < 1.29 is 15.0 Å². The fourth-order valence-electron chi connectivity index (χ4n) is 3.27. The Kier molecular flexibility index (Phi) is 6.74. The fourth-order valence-corrected chi connectivity index (χ4v) is 4.33. The largest absolute Gasteiger partial charge is 0.478 e. The lowest BCUT2D eigenvalue weighted by Crippen LogP contribution is -2.46.